The van der Waals surface area contributed by atoms with Crippen molar-refractivity contribution in [3.05, 3.63) is 71.8 Å². The third-order valence-corrected chi connectivity index (χ3v) is 8.41. The van der Waals surface area contributed by atoms with Crippen LogP contribution in [-0.4, -0.2) is 52.6 Å². The molecule has 1 aliphatic carbocycles. The fourth-order valence-corrected chi connectivity index (χ4v) is 6.24. The van der Waals surface area contributed by atoms with Gasteiger partial charge in [-0.1, -0.05) is 62.9 Å². The van der Waals surface area contributed by atoms with Gasteiger partial charge in [-0.3, -0.25) is 19.2 Å². The van der Waals surface area contributed by atoms with Gasteiger partial charge in [0.05, 0.1) is 12.0 Å². The molecule has 1 saturated carbocycles. The van der Waals surface area contributed by atoms with Gasteiger partial charge in [0.15, 0.2) is 6.29 Å². The molecule has 1 aromatic carbocycles. The topological polar surface area (TPSA) is 127 Å². The van der Waals surface area contributed by atoms with E-state index in [-0.39, 0.29) is 18.6 Å². The number of aldehydes is 1. The largest absolute Gasteiger partial charge is 0.444 e. The van der Waals surface area contributed by atoms with E-state index in [4.69, 9.17) is 4.74 Å². The highest BCUT2D eigenvalue weighted by Crippen LogP contribution is 2.52. The smallest absolute Gasteiger partial charge is 0.342 e. The number of esters is 1. The number of allylic oxidation sites excluding steroid dienone is 2. The number of carbonyl (C=O) groups excluding carboxylic acids is 5. The summed E-state index contributed by atoms with van der Waals surface area (Å²) in [6.45, 7) is 7.97. The first-order valence-electron chi connectivity index (χ1n) is 13.5. The first-order chi connectivity index (χ1) is 18.6. The number of hydrogen-bond donors (Lipinski definition) is 2. The first-order valence-corrected chi connectivity index (χ1v) is 13.5. The molecule has 2 heterocycles. The highest BCUT2D eigenvalue weighted by atomic mass is 16.6. The molecule has 206 valence electrons. The third kappa shape index (κ3) is 5.43. The average molecular weight is 534 g/mol. The zero-order valence-electron chi connectivity index (χ0n) is 22.3. The molecule has 7 unspecified atom stereocenters. The van der Waals surface area contributed by atoms with Crippen LogP contribution in [0.25, 0.3) is 0 Å². The maximum absolute atomic E-state index is 13.9. The van der Waals surface area contributed by atoms with Gasteiger partial charge in [-0.05, 0) is 48.7 Å². The Morgan fingerprint density at radius 3 is 2.56 bits per heavy atom. The molecule has 39 heavy (non-hydrogen) atoms. The number of hydrogen-bond acceptors (Lipinski definition) is 7. The molecule has 7 atom stereocenters. The predicted octanol–water partition coefficient (Wildman–Crippen LogP) is 2.84. The van der Waals surface area contributed by atoms with E-state index in [1.807, 2.05) is 50.3 Å². The van der Waals surface area contributed by atoms with Crippen molar-refractivity contribution in [2.24, 2.45) is 23.7 Å². The Hall–Kier alpha value is -3.65. The Kier molecular flexibility index (Phi) is 8.45. The number of carbonyl (C=O) groups is 5. The molecule has 1 aromatic rings. The summed E-state index contributed by atoms with van der Waals surface area (Å²) >= 11 is 0. The fraction of sp³-hybridized carbons (Fsp3) is 0.452. The Labute approximate surface area is 228 Å². The summed E-state index contributed by atoms with van der Waals surface area (Å²) in [5, 5.41) is 14.4. The number of nitrogens with one attached hydrogen (secondary N) is 1. The normalized spacial score (nSPS) is 34.1. The summed E-state index contributed by atoms with van der Waals surface area (Å²) in [5.74, 6) is -5.32. The molecule has 0 bridgehead atoms. The number of aliphatic hydroxyl groups is 1. The van der Waals surface area contributed by atoms with Gasteiger partial charge in [0, 0.05) is 24.5 Å². The number of Topliss-reactive ketones (excluding diaryl/α,β-unsaturated/α-hetero) is 1. The van der Waals surface area contributed by atoms with Crippen LogP contribution in [0.3, 0.4) is 0 Å². The zero-order chi connectivity index (χ0) is 28.3. The summed E-state index contributed by atoms with van der Waals surface area (Å²) in [5.41, 5.74) is -1.04. The number of ether oxygens (including phenoxy) is 1. The lowest BCUT2D eigenvalue weighted by Crippen LogP contribution is -2.61. The molecule has 2 N–H and O–H groups in total. The zero-order valence-corrected chi connectivity index (χ0v) is 22.3. The lowest BCUT2D eigenvalue weighted by atomic mass is 9.59. The third-order valence-electron chi connectivity index (χ3n) is 8.41. The van der Waals surface area contributed by atoms with Gasteiger partial charge in [0.25, 0.3) is 5.91 Å². The maximum Gasteiger partial charge on any atom is 0.342 e. The van der Waals surface area contributed by atoms with E-state index in [1.165, 1.54) is 0 Å². The summed E-state index contributed by atoms with van der Waals surface area (Å²) < 4.78 is 5.96. The van der Waals surface area contributed by atoms with Crippen molar-refractivity contribution in [1.82, 2.24) is 5.32 Å². The van der Waals surface area contributed by atoms with Crippen LogP contribution >= 0.6 is 0 Å². The van der Waals surface area contributed by atoms with Gasteiger partial charge in [-0.2, -0.15) is 0 Å². The van der Waals surface area contributed by atoms with E-state index in [0.717, 1.165) is 5.56 Å². The number of rotatable bonds is 3. The Morgan fingerprint density at radius 1 is 1.15 bits per heavy atom. The van der Waals surface area contributed by atoms with E-state index in [2.05, 4.69) is 11.9 Å². The van der Waals surface area contributed by atoms with Crippen molar-refractivity contribution in [3.8, 4) is 0 Å². The van der Waals surface area contributed by atoms with Gasteiger partial charge < -0.3 is 15.2 Å². The van der Waals surface area contributed by atoms with Crippen molar-refractivity contribution < 1.29 is 33.8 Å². The van der Waals surface area contributed by atoms with Gasteiger partial charge in [0.1, 0.15) is 5.57 Å². The monoisotopic (exact) mass is 533 g/mol. The lowest BCUT2D eigenvalue weighted by molar-refractivity contribution is -0.183. The van der Waals surface area contributed by atoms with E-state index in [0.29, 0.717) is 37.3 Å². The standard InChI is InChI=1S/C31H35NO7/c1-18-9-7-13-23-28(36)20(3)19(2)27-24(15-21-11-5-4-6-12-21)32-30(38)31(23,27)39-29(37)22(17-33)16-26(35)25(34)14-8-10-18/h4-7,11-13,16-19,23-24,27-28,36H,3,8-10,14-15H2,1-2H3,(H,32,38). The number of amides is 1. The Balaban J connectivity index is 1.84. The molecule has 1 amide bonds. The van der Waals surface area contributed by atoms with E-state index >= 15 is 0 Å². The molecule has 4 rings (SSSR count). The molecular weight excluding hydrogens is 498 g/mol. The van der Waals surface area contributed by atoms with E-state index in [1.54, 1.807) is 6.08 Å². The highest BCUT2D eigenvalue weighted by Gasteiger charge is 2.68. The van der Waals surface area contributed by atoms with Crippen molar-refractivity contribution in [3.63, 3.8) is 0 Å². The molecule has 8 nitrogen and oxygen atoms in total. The summed E-state index contributed by atoms with van der Waals surface area (Å²) in [4.78, 5) is 64.0. The molecular formula is C31H35NO7. The summed E-state index contributed by atoms with van der Waals surface area (Å²) in [6.07, 6.45) is 5.40. The first kappa shape index (κ1) is 28.4. The molecule has 3 aliphatic rings. The van der Waals surface area contributed by atoms with E-state index < -0.39 is 64.5 Å². The van der Waals surface area contributed by atoms with Gasteiger partial charge in [0.2, 0.25) is 17.2 Å². The van der Waals surface area contributed by atoms with Crippen LogP contribution in [0.2, 0.25) is 0 Å². The van der Waals surface area contributed by atoms with Gasteiger partial charge in [-0.15, -0.1) is 0 Å². The maximum atomic E-state index is 13.9. The van der Waals surface area contributed by atoms with Crippen LogP contribution < -0.4 is 5.32 Å². The quantitative estimate of drug-likeness (QED) is 0.201. The van der Waals surface area contributed by atoms with Crippen LogP contribution in [0.15, 0.2) is 66.3 Å². The average Bonchev–Trinajstić information content (AvgIpc) is 3.18. The second kappa shape index (κ2) is 11.6. The van der Waals surface area contributed by atoms with Crippen molar-refractivity contribution in [1.29, 1.82) is 0 Å². The molecule has 1 spiro atoms. The Morgan fingerprint density at radius 2 is 1.87 bits per heavy atom. The second-order valence-corrected chi connectivity index (χ2v) is 11.0. The van der Waals surface area contributed by atoms with Gasteiger partial charge >= 0.3 is 5.97 Å². The summed E-state index contributed by atoms with van der Waals surface area (Å²) in [6, 6.07) is 9.09. The van der Waals surface area contributed by atoms with Crippen molar-refractivity contribution >= 4 is 29.7 Å². The second-order valence-electron chi connectivity index (χ2n) is 11.0. The van der Waals surface area contributed by atoms with Gasteiger partial charge in [-0.25, -0.2) is 4.79 Å². The SMILES string of the molecule is C=C1C(C)C2C(Cc3ccccc3)NC(=O)C23OC(=O)C(C=O)=CC(=O)C(=O)CCCC(C)CC=CC3C1O. The lowest BCUT2D eigenvalue weighted by Gasteiger charge is -2.49. The van der Waals surface area contributed by atoms with Crippen molar-refractivity contribution in [2.75, 3.05) is 0 Å². The minimum Gasteiger partial charge on any atom is -0.444 e. The minimum atomic E-state index is -1.87. The predicted molar refractivity (Wildman–Crippen MR) is 143 cm³/mol. The number of aliphatic hydroxyl groups excluding tert-OH is 1. The van der Waals surface area contributed by atoms with Crippen LogP contribution in [0.4, 0.5) is 0 Å². The molecule has 0 radical (unpaired) electrons. The molecule has 8 heteroatoms. The minimum absolute atomic E-state index is 0.00116. The molecule has 1 saturated heterocycles. The molecule has 2 aliphatic heterocycles. The molecule has 0 aromatic heterocycles. The van der Waals surface area contributed by atoms with Crippen LogP contribution in [-0.2, 0) is 35.1 Å². The van der Waals surface area contributed by atoms with Crippen LogP contribution in [0, 0.1) is 23.7 Å². The number of benzene rings is 1. The number of ketones is 2. The Bertz CT molecular complexity index is 1230. The molecule has 2 fully saturated rings. The van der Waals surface area contributed by atoms with Crippen molar-refractivity contribution in [2.45, 2.75) is 63.7 Å². The van der Waals surface area contributed by atoms with E-state index in [9.17, 15) is 29.1 Å². The van der Waals surface area contributed by atoms with Crippen LogP contribution in [0.1, 0.15) is 45.1 Å². The highest BCUT2D eigenvalue weighted by molar-refractivity contribution is 6.43. The van der Waals surface area contributed by atoms with Crippen LogP contribution in [0.5, 0.6) is 0 Å². The summed E-state index contributed by atoms with van der Waals surface area (Å²) in [7, 11) is 0. The fourth-order valence-electron chi connectivity index (χ4n) is 6.24.